The van der Waals surface area contributed by atoms with Gasteiger partial charge in [0.2, 0.25) is 5.91 Å². The monoisotopic (exact) mass is 385 g/mol. The third kappa shape index (κ3) is 3.83. The molecule has 27 heavy (non-hydrogen) atoms. The van der Waals surface area contributed by atoms with Gasteiger partial charge in [-0.3, -0.25) is 4.79 Å². The van der Waals surface area contributed by atoms with E-state index < -0.39 is 0 Å². The quantitative estimate of drug-likeness (QED) is 0.813. The van der Waals surface area contributed by atoms with Crippen LogP contribution in [0, 0.1) is 18.8 Å². The number of aromatic nitrogens is 3. The van der Waals surface area contributed by atoms with Gasteiger partial charge in [0, 0.05) is 60.6 Å². The summed E-state index contributed by atoms with van der Waals surface area (Å²) >= 11 is 1.62. The molecule has 2 aliphatic heterocycles. The van der Waals surface area contributed by atoms with Gasteiger partial charge >= 0.3 is 0 Å². The molecule has 0 aliphatic carbocycles. The number of thiazole rings is 1. The molecule has 0 N–H and O–H groups in total. The summed E-state index contributed by atoms with van der Waals surface area (Å²) in [4.78, 5) is 31.3. The minimum absolute atomic E-state index is 0.0194. The highest BCUT2D eigenvalue weighted by Gasteiger charge is 2.42. The van der Waals surface area contributed by atoms with E-state index in [1.807, 2.05) is 18.0 Å². The molecule has 0 aromatic carbocycles. The van der Waals surface area contributed by atoms with E-state index in [9.17, 15) is 4.79 Å². The van der Waals surface area contributed by atoms with E-state index in [1.54, 1.807) is 17.7 Å². The first kappa shape index (κ1) is 18.3. The van der Waals surface area contributed by atoms with Crippen LogP contribution in [0.2, 0.25) is 0 Å². The highest BCUT2D eigenvalue weighted by Crippen LogP contribution is 2.34. The zero-order valence-corrected chi connectivity index (χ0v) is 17.3. The first-order valence-electron chi connectivity index (χ1n) is 9.56. The lowest BCUT2D eigenvalue weighted by Gasteiger charge is -2.24. The Morgan fingerprint density at radius 1 is 1.15 bits per heavy atom. The molecule has 2 atom stereocenters. The van der Waals surface area contributed by atoms with Crippen molar-refractivity contribution in [2.45, 2.75) is 39.5 Å². The molecule has 144 valence electrons. The largest absolute Gasteiger partial charge is 0.356 e. The van der Waals surface area contributed by atoms with Crippen molar-refractivity contribution in [1.82, 2.24) is 19.9 Å². The van der Waals surface area contributed by atoms with Gasteiger partial charge in [-0.1, -0.05) is 20.8 Å². The first-order chi connectivity index (χ1) is 12.8. The molecule has 4 heterocycles. The van der Waals surface area contributed by atoms with Gasteiger partial charge in [-0.25, -0.2) is 15.0 Å². The predicted octanol–water partition coefficient (Wildman–Crippen LogP) is 2.68. The van der Waals surface area contributed by atoms with Gasteiger partial charge in [0.1, 0.15) is 12.1 Å². The highest BCUT2D eigenvalue weighted by atomic mass is 32.1. The predicted molar refractivity (Wildman–Crippen MR) is 107 cm³/mol. The van der Waals surface area contributed by atoms with E-state index in [1.165, 1.54) is 0 Å². The maximum Gasteiger partial charge on any atom is 0.227 e. The van der Waals surface area contributed by atoms with Gasteiger partial charge in [0.25, 0.3) is 0 Å². The van der Waals surface area contributed by atoms with Gasteiger partial charge in [-0.05, 0) is 6.92 Å². The second kappa shape index (κ2) is 6.86. The average molecular weight is 386 g/mol. The van der Waals surface area contributed by atoms with Crippen LogP contribution in [-0.4, -0.2) is 51.9 Å². The van der Waals surface area contributed by atoms with Crippen LogP contribution >= 0.6 is 11.3 Å². The van der Waals surface area contributed by atoms with E-state index >= 15 is 0 Å². The van der Waals surface area contributed by atoms with Crippen LogP contribution in [-0.2, 0) is 16.6 Å². The number of rotatable bonds is 3. The van der Waals surface area contributed by atoms with Crippen LogP contribution in [0.5, 0.6) is 0 Å². The minimum atomic E-state index is 0.0194. The van der Waals surface area contributed by atoms with E-state index in [0.717, 1.165) is 47.6 Å². The molecule has 6 nitrogen and oxygen atoms in total. The van der Waals surface area contributed by atoms with Crippen molar-refractivity contribution in [2.75, 3.05) is 31.1 Å². The number of aryl methyl sites for hydroxylation is 1. The molecule has 1 amide bonds. The molecule has 2 aromatic heterocycles. The van der Waals surface area contributed by atoms with Gasteiger partial charge < -0.3 is 9.80 Å². The average Bonchev–Trinajstić information content (AvgIpc) is 3.28. The summed E-state index contributed by atoms with van der Waals surface area (Å²) in [5, 5.41) is 1.02. The van der Waals surface area contributed by atoms with Crippen molar-refractivity contribution in [3.63, 3.8) is 0 Å². The van der Waals surface area contributed by atoms with Crippen LogP contribution in [0.25, 0.3) is 0 Å². The minimum Gasteiger partial charge on any atom is -0.356 e. The number of nitrogens with zero attached hydrogens (tertiary/aromatic N) is 5. The van der Waals surface area contributed by atoms with Crippen molar-refractivity contribution >= 4 is 23.1 Å². The van der Waals surface area contributed by atoms with Gasteiger partial charge in [0.05, 0.1) is 17.1 Å². The second-order valence-electron chi connectivity index (χ2n) is 8.76. The fourth-order valence-corrected chi connectivity index (χ4v) is 4.85. The molecule has 2 aliphatic rings. The number of carbonyl (C=O) groups is 1. The Morgan fingerprint density at radius 3 is 2.44 bits per heavy atom. The highest BCUT2D eigenvalue weighted by molar-refractivity contribution is 7.11. The number of hydrogen-bond acceptors (Lipinski definition) is 6. The second-order valence-corrected chi connectivity index (χ2v) is 10.1. The Hall–Kier alpha value is -2.02. The summed E-state index contributed by atoms with van der Waals surface area (Å²) in [7, 11) is 0. The van der Waals surface area contributed by atoms with Crippen molar-refractivity contribution in [1.29, 1.82) is 0 Å². The van der Waals surface area contributed by atoms with Crippen molar-refractivity contribution in [3.05, 3.63) is 34.2 Å². The van der Waals surface area contributed by atoms with E-state index in [4.69, 9.17) is 0 Å². The van der Waals surface area contributed by atoms with Crippen LogP contribution in [0.3, 0.4) is 0 Å². The zero-order valence-electron chi connectivity index (χ0n) is 16.5. The van der Waals surface area contributed by atoms with E-state index in [-0.39, 0.29) is 11.3 Å². The summed E-state index contributed by atoms with van der Waals surface area (Å²) < 4.78 is 0. The molecular weight excluding hydrogens is 358 g/mol. The smallest absolute Gasteiger partial charge is 0.227 e. The zero-order chi connectivity index (χ0) is 19.2. The van der Waals surface area contributed by atoms with Crippen LogP contribution in [0.4, 0.5) is 5.82 Å². The molecule has 2 saturated heterocycles. The Labute approximate surface area is 164 Å². The third-order valence-corrected chi connectivity index (χ3v) is 6.49. The summed E-state index contributed by atoms with van der Waals surface area (Å²) in [6.07, 6.45) is 3.99. The van der Waals surface area contributed by atoms with Gasteiger partial charge in [0.15, 0.2) is 0 Å². The molecule has 2 aromatic rings. The molecule has 2 unspecified atom stereocenters. The molecule has 0 bridgehead atoms. The normalized spacial score (nSPS) is 22.4. The molecule has 7 heteroatoms. The molecular formula is C20H27N5OS. The number of carbonyl (C=O) groups excluding carboxylic acids is 1. The number of fused-ring (bicyclic) bond motifs is 1. The van der Waals surface area contributed by atoms with Crippen molar-refractivity contribution in [2.24, 2.45) is 11.8 Å². The van der Waals surface area contributed by atoms with Crippen LogP contribution in [0.15, 0.2) is 18.6 Å². The summed E-state index contributed by atoms with van der Waals surface area (Å²) in [6, 6.07) is 2.12. The molecule has 2 fully saturated rings. The summed E-state index contributed by atoms with van der Waals surface area (Å²) in [5.74, 6) is 2.31. The molecule has 0 saturated carbocycles. The van der Waals surface area contributed by atoms with Crippen molar-refractivity contribution in [3.8, 4) is 0 Å². The van der Waals surface area contributed by atoms with Gasteiger partial charge in [-0.2, -0.15) is 0 Å². The van der Waals surface area contributed by atoms with E-state index in [2.05, 4.69) is 46.7 Å². The summed E-state index contributed by atoms with van der Waals surface area (Å²) in [5.41, 5.74) is 1.09. The fourth-order valence-electron chi connectivity index (χ4n) is 4.06. The maximum atomic E-state index is 12.6. The Balaban J connectivity index is 1.38. The topological polar surface area (TPSA) is 62.2 Å². The Morgan fingerprint density at radius 2 is 1.85 bits per heavy atom. The summed E-state index contributed by atoms with van der Waals surface area (Å²) in [6.45, 7) is 12.1. The Bertz CT molecular complexity index is 829. The number of anilines is 1. The van der Waals surface area contributed by atoms with Crippen LogP contribution < -0.4 is 4.90 Å². The van der Waals surface area contributed by atoms with E-state index in [0.29, 0.717) is 18.3 Å². The lowest BCUT2D eigenvalue weighted by Crippen LogP contribution is -2.34. The van der Waals surface area contributed by atoms with Crippen LogP contribution in [0.1, 0.15) is 36.3 Å². The standard InChI is InChI=1S/C20H27N5OS/c1-13-21-7-16(27-13)5-19(26)25-10-14-8-24(9-15(14)11-25)18-6-17(20(2,3)4)22-12-23-18/h6-7,12,14-15H,5,8-11H2,1-4H3. The fraction of sp³-hybridized carbons (Fsp3) is 0.600. The number of likely N-dealkylation sites (tertiary alicyclic amines) is 1. The number of hydrogen-bond donors (Lipinski definition) is 0. The number of amides is 1. The lowest BCUT2D eigenvalue weighted by atomic mass is 9.92. The molecule has 4 rings (SSSR count). The Kier molecular flexibility index (Phi) is 4.66. The molecule has 0 spiro atoms. The maximum absolute atomic E-state index is 12.6. The molecule has 0 radical (unpaired) electrons. The van der Waals surface area contributed by atoms with Crippen molar-refractivity contribution < 1.29 is 4.79 Å². The lowest BCUT2D eigenvalue weighted by molar-refractivity contribution is -0.129. The third-order valence-electron chi connectivity index (χ3n) is 5.58. The van der Waals surface area contributed by atoms with Gasteiger partial charge in [-0.15, -0.1) is 11.3 Å². The first-order valence-corrected chi connectivity index (χ1v) is 10.4. The SMILES string of the molecule is Cc1ncc(CC(=O)N2CC3CN(c4cc(C(C)(C)C)ncn4)CC3C2)s1.